The fourth-order valence-corrected chi connectivity index (χ4v) is 1.67. The molecule has 0 saturated heterocycles. The van der Waals surface area contributed by atoms with Crippen molar-refractivity contribution < 1.29 is 18.0 Å². The van der Waals surface area contributed by atoms with Crippen LogP contribution in [0.15, 0.2) is 24.3 Å². The predicted molar refractivity (Wildman–Crippen MR) is 75.7 cm³/mol. The van der Waals surface area contributed by atoms with Gasteiger partial charge in [0.2, 0.25) is 5.91 Å². The second-order valence-electron chi connectivity index (χ2n) is 4.91. The van der Waals surface area contributed by atoms with Gasteiger partial charge in [0.15, 0.2) is 0 Å². The van der Waals surface area contributed by atoms with E-state index in [9.17, 15) is 18.0 Å². The topological polar surface area (TPSA) is 58.4 Å². The van der Waals surface area contributed by atoms with Crippen LogP contribution in [-0.4, -0.2) is 36.6 Å². The molecule has 0 aliphatic heterocycles. The number of nitrogens with two attached hydrogens (primary N) is 1. The van der Waals surface area contributed by atoms with Crippen molar-refractivity contribution in [2.75, 3.05) is 18.9 Å². The van der Waals surface area contributed by atoms with Crippen LogP contribution in [0.1, 0.15) is 18.9 Å². The second-order valence-corrected chi connectivity index (χ2v) is 4.91. The number of likely N-dealkylation sites (N-methyl/N-ethyl adjacent to an activating group) is 1. The Kier molecular flexibility index (Phi) is 6.17. The molecule has 1 atom stereocenters. The summed E-state index contributed by atoms with van der Waals surface area (Å²) in [7, 11) is 1.49. The van der Waals surface area contributed by atoms with Crippen molar-refractivity contribution in [3.05, 3.63) is 29.8 Å². The normalized spacial score (nSPS) is 13.3. The Morgan fingerprint density at radius 2 is 1.90 bits per heavy atom. The van der Waals surface area contributed by atoms with Crippen LogP contribution in [-0.2, 0) is 11.3 Å². The Morgan fingerprint density at radius 3 is 2.38 bits per heavy atom. The predicted octanol–water partition coefficient (Wildman–Crippen LogP) is 2.36. The summed E-state index contributed by atoms with van der Waals surface area (Å²) in [5.41, 5.74) is 7.00. The van der Waals surface area contributed by atoms with Crippen LogP contribution >= 0.6 is 0 Å². The number of carbonyl (C=O) groups excluding carboxylic acids is 1. The van der Waals surface area contributed by atoms with Crippen LogP contribution in [0.2, 0.25) is 0 Å². The van der Waals surface area contributed by atoms with Gasteiger partial charge in [0, 0.05) is 18.8 Å². The molecule has 21 heavy (non-hydrogen) atoms. The molecule has 0 aliphatic carbocycles. The zero-order valence-corrected chi connectivity index (χ0v) is 12.1. The van der Waals surface area contributed by atoms with E-state index in [1.54, 1.807) is 31.2 Å². The average Bonchev–Trinajstić information content (AvgIpc) is 2.43. The molecule has 118 valence electrons. The number of amides is 1. The maximum atomic E-state index is 12.2. The number of hydrogen-bond donors (Lipinski definition) is 2. The summed E-state index contributed by atoms with van der Waals surface area (Å²) in [5, 5.41) is 2.67. The van der Waals surface area contributed by atoms with E-state index in [1.165, 1.54) is 11.9 Å². The Hall–Kier alpha value is -1.60. The minimum atomic E-state index is -4.22. The van der Waals surface area contributed by atoms with Gasteiger partial charge in [-0.3, -0.25) is 9.69 Å². The number of halogens is 3. The first-order valence-corrected chi connectivity index (χ1v) is 6.60. The third-order valence-corrected chi connectivity index (χ3v) is 3.25. The molecule has 0 radical (unpaired) electrons. The molecular formula is C14H20F3N3O. The molecule has 0 saturated carbocycles. The lowest BCUT2D eigenvalue weighted by Crippen LogP contribution is -2.41. The maximum absolute atomic E-state index is 12.2. The highest BCUT2D eigenvalue weighted by atomic mass is 19.4. The lowest BCUT2D eigenvalue weighted by Gasteiger charge is -2.24. The molecule has 0 aromatic heterocycles. The number of hydrogen-bond acceptors (Lipinski definition) is 3. The minimum absolute atomic E-state index is 0.218. The average molecular weight is 303 g/mol. The third-order valence-electron chi connectivity index (χ3n) is 3.25. The van der Waals surface area contributed by atoms with E-state index in [4.69, 9.17) is 5.73 Å². The van der Waals surface area contributed by atoms with Gasteiger partial charge in [-0.2, -0.15) is 13.2 Å². The zero-order valence-electron chi connectivity index (χ0n) is 12.1. The molecule has 1 unspecified atom stereocenters. The highest BCUT2D eigenvalue weighted by molar-refractivity contribution is 5.94. The van der Waals surface area contributed by atoms with Gasteiger partial charge in [-0.1, -0.05) is 12.1 Å². The number of benzene rings is 1. The second kappa shape index (κ2) is 7.42. The number of nitrogens with one attached hydrogen (secondary N) is 1. The summed E-state index contributed by atoms with van der Waals surface area (Å²) < 4.78 is 36.5. The molecule has 1 aromatic rings. The van der Waals surface area contributed by atoms with E-state index < -0.39 is 18.6 Å². The number of alkyl halides is 3. The van der Waals surface area contributed by atoms with Gasteiger partial charge in [-0.05, 0) is 31.7 Å². The van der Waals surface area contributed by atoms with Gasteiger partial charge in [-0.25, -0.2) is 0 Å². The smallest absolute Gasteiger partial charge is 0.326 e. The molecule has 0 bridgehead atoms. The largest absolute Gasteiger partial charge is 0.390 e. The van der Waals surface area contributed by atoms with Crippen molar-refractivity contribution in [2.45, 2.75) is 32.1 Å². The standard InChI is InChI=1S/C14H20F3N3O/c1-10(20(2)8-7-14(15,16)17)13(21)19-12-5-3-11(9-18)4-6-12/h3-6,10H,7-9,18H2,1-2H3,(H,19,21). The zero-order chi connectivity index (χ0) is 16.0. The SMILES string of the molecule is CC(C(=O)Nc1ccc(CN)cc1)N(C)CCC(F)(F)F. The number of carbonyl (C=O) groups is 1. The van der Waals surface area contributed by atoms with Gasteiger partial charge < -0.3 is 11.1 Å². The van der Waals surface area contributed by atoms with E-state index in [1.807, 2.05) is 0 Å². The van der Waals surface area contributed by atoms with Crippen molar-refractivity contribution in [3.63, 3.8) is 0 Å². The molecule has 0 heterocycles. The molecule has 1 aromatic carbocycles. The van der Waals surface area contributed by atoms with Crippen LogP contribution in [0, 0.1) is 0 Å². The number of anilines is 1. The fraction of sp³-hybridized carbons (Fsp3) is 0.500. The quantitative estimate of drug-likeness (QED) is 0.848. The van der Waals surface area contributed by atoms with Crippen LogP contribution in [0.25, 0.3) is 0 Å². The van der Waals surface area contributed by atoms with E-state index in [0.29, 0.717) is 12.2 Å². The third kappa shape index (κ3) is 6.14. The Morgan fingerprint density at radius 1 is 1.33 bits per heavy atom. The van der Waals surface area contributed by atoms with Crippen LogP contribution in [0.5, 0.6) is 0 Å². The van der Waals surface area contributed by atoms with Crippen LogP contribution in [0.4, 0.5) is 18.9 Å². The Balaban J connectivity index is 2.53. The van der Waals surface area contributed by atoms with Crippen molar-refractivity contribution in [1.29, 1.82) is 0 Å². The number of nitrogens with zero attached hydrogens (tertiary/aromatic N) is 1. The molecule has 4 nitrogen and oxygen atoms in total. The van der Waals surface area contributed by atoms with Crippen LogP contribution in [0.3, 0.4) is 0 Å². The van der Waals surface area contributed by atoms with E-state index in [-0.39, 0.29) is 12.5 Å². The molecule has 1 amide bonds. The van der Waals surface area contributed by atoms with E-state index >= 15 is 0 Å². The lowest BCUT2D eigenvalue weighted by molar-refractivity contribution is -0.140. The van der Waals surface area contributed by atoms with Gasteiger partial charge in [-0.15, -0.1) is 0 Å². The maximum Gasteiger partial charge on any atom is 0.390 e. The van der Waals surface area contributed by atoms with E-state index in [0.717, 1.165) is 5.56 Å². The number of rotatable bonds is 6. The molecule has 1 rings (SSSR count). The first-order chi connectivity index (χ1) is 9.73. The van der Waals surface area contributed by atoms with Crippen molar-refractivity contribution in [2.24, 2.45) is 5.73 Å². The summed E-state index contributed by atoms with van der Waals surface area (Å²) in [5.74, 6) is -0.347. The lowest BCUT2D eigenvalue weighted by atomic mass is 10.2. The van der Waals surface area contributed by atoms with Crippen molar-refractivity contribution in [1.82, 2.24) is 4.90 Å². The summed E-state index contributed by atoms with van der Waals surface area (Å²) in [6.07, 6.45) is -5.16. The highest BCUT2D eigenvalue weighted by Crippen LogP contribution is 2.20. The monoisotopic (exact) mass is 303 g/mol. The van der Waals surface area contributed by atoms with Crippen LogP contribution < -0.4 is 11.1 Å². The Labute approximate surface area is 122 Å². The molecule has 7 heteroatoms. The first kappa shape index (κ1) is 17.5. The molecule has 3 N–H and O–H groups in total. The molecule has 0 aliphatic rings. The van der Waals surface area contributed by atoms with Gasteiger partial charge in [0.25, 0.3) is 0 Å². The summed E-state index contributed by atoms with van der Waals surface area (Å²) in [6, 6.07) is 6.34. The molecule has 0 spiro atoms. The van der Waals surface area contributed by atoms with Gasteiger partial charge in [0.05, 0.1) is 12.5 Å². The molecule has 0 fully saturated rings. The van der Waals surface area contributed by atoms with Gasteiger partial charge in [0.1, 0.15) is 0 Å². The van der Waals surface area contributed by atoms with E-state index in [2.05, 4.69) is 5.32 Å². The Bertz CT molecular complexity index is 460. The molecular weight excluding hydrogens is 283 g/mol. The van der Waals surface area contributed by atoms with Gasteiger partial charge >= 0.3 is 6.18 Å². The van der Waals surface area contributed by atoms with Crippen molar-refractivity contribution in [3.8, 4) is 0 Å². The highest BCUT2D eigenvalue weighted by Gasteiger charge is 2.29. The summed E-state index contributed by atoms with van der Waals surface area (Å²) in [4.78, 5) is 13.3. The minimum Gasteiger partial charge on any atom is -0.326 e. The fourth-order valence-electron chi connectivity index (χ4n) is 1.67. The summed E-state index contributed by atoms with van der Waals surface area (Å²) in [6.45, 7) is 1.76. The van der Waals surface area contributed by atoms with Crippen molar-refractivity contribution >= 4 is 11.6 Å². The first-order valence-electron chi connectivity index (χ1n) is 6.60. The summed E-state index contributed by atoms with van der Waals surface area (Å²) >= 11 is 0.